The molecule has 3 N–H and O–H groups in total. The number of benzene rings is 3. The molecule has 3 aromatic rings. The number of aliphatic hydroxyl groups excluding tert-OH is 1. The van der Waals surface area contributed by atoms with Crippen LogP contribution in [0.4, 0.5) is 20.6 Å². The van der Waals surface area contributed by atoms with Crippen LogP contribution >= 0.6 is 0 Å². The maximum absolute atomic E-state index is 14.4. The molecule has 3 amide bonds. The molecule has 4 rings (SSSR count). The monoisotopic (exact) mass is 714 g/mol. The molecule has 0 saturated heterocycles. The van der Waals surface area contributed by atoms with Crippen molar-refractivity contribution in [2.45, 2.75) is 63.2 Å². The Labute approximate surface area is 293 Å². The Morgan fingerprint density at radius 1 is 1.06 bits per heavy atom. The van der Waals surface area contributed by atoms with E-state index in [1.54, 1.807) is 31.2 Å². The van der Waals surface area contributed by atoms with Crippen LogP contribution in [-0.2, 0) is 14.8 Å². The number of hydrogen-bond donors (Lipinski definition) is 3. The van der Waals surface area contributed by atoms with E-state index in [4.69, 9.17) is 14.2 Å². The summed E-state index contributed by atoms with van der Waals surface area (Å²) in [5.74, 6) is -0.386. The van der Waals surface area contributed by atoms with Gasteiger partial charge in [-0.25, -0.2) is 17.6 Å². The molecule has 0 fully saturated rings. The standard InChI is InChI=1S/C36H47FN4O8S/c1-24-21-41(25(2)23-42)35(43)32-20-29(39-36(44)38-28-11-9-27(37)10-12-28)13-18-33(32)49-26(3)8-6-7-19-48-34(24)22-40(4)50(45,46)31-16-14-30(47-5)15-17-31/h9-18,20,24-26,34,42H,6-8,19,21-23H2,1-5H3,(H2,38,39,44)/t24-,25+,26+,34+/m0/s1. The number of nitrogens with one attached hydrogen (secondary N) is 2. The summed E-state index contributed by atoms with van der Waals surface area (Å²) in [6.07, 6.45) is 1.29. The molecule has 0 aliphatic carbocycles. The number of likely N-dealkylation sites (N-methyl/N-ethyl adjacent to an activating group) is 1. The molecule has 0 aromatic heterocycles. The lowest BCUT2D eigenvalue weighted by molar-refractivity contribution is -0.00834. The summed E-state index contributed by atoms with van der Waals surface area (Å²) < 4.78 is 59.3. The normalized spacial score (nSPS) is 19.9. The van der Waals surface area contributed by atoms with E-state index >= 15 is 0 Å². The molecule has 14 heteroatoms. The molecule has 272 valence electrons. The van der Waals surface area contributed by atoms with Gasteiger partial charge in [0.25, 0.3) is 5.91 Å². The highest BCUT2D eigenvalue weighted by Crippen LogP contribution is 2.29. The summed E-state index contributed by atoms with van der Waals surface area (Å²) in [6.45, 7) is 5.70. The van der Waals surface area contributed by atoms with Gasteiger partial charge in [0.1, 0.15) is 17.3 Å². The van der Waals surface area contributed by atoms with Gasteiger partial charge < -0.3 is 34.9 Å². The minimum Gasteiger partial charge on any atom is -0.497 e. The van der Waals surface area contributed by atoms with Gasteiger partial charge >= 0.3 is 6.03 Å². The molecule has 0 unspecified atom stereocenters. The molecule has 50 heavy (non-hydrogen) atoms. The molecule has 0 radical (unpaired) electrons. The SMILES string of the molecule is COc1ccc(S(=O)(=O)N(C)C[C@H]2OCCCC[C@@H](C)Oc3ccc(NC(=O)Nc4ccc(F)cc4)cc3C(=O)N([C@H](C)CO)C[C@@H]2C)cc1. The smallest absolute Gasteiger partial charge is 0.323 e. The van der Waals surface area contributed by atoms with Crippen LogP contribution in [0.2, 0.25) is 0 Å². The topological polar surface area (TPSA) is 147 Å². The summed E-state index contributed by atoms with van der Waals surface area (Å²) >= 11 is 0. The van der Waals surface area contributed by atoms with Crippen molar-refractivity contribution >= 4 is 33.3 Å². The van der Waals surface area contributed by atoms with E-state index in [0.717, 1.165) is 6.42 Å². The van der Waals surface area contributed by atoms with Crippen molar-refractivity contribution in [2.75, 3.05) is 51.1 Å². The van der Waals surface area contributed by atoms with Gasteiger partial charge in [-0.15, -0.1) is 0 Å². The average molecular weight is 715 g/mol. The number of sulfonamides is 1. The van der Waals surface area contributed by atoms with E-state index in [-0.39, 0.29) is 42.2 Å². The number of fused-ring (bicyclic) bond motifs is 1. The zero-order chi connectivity index (χ0) is 36.4. The van der Waals surface area contributed by atoms with Gasteiger partial charge in [0.15, 0.2) is 0 Å². The number of carbonyl (C=O) groups is 2. The van der Waals surface area contributed by atoms with Gasteiger partial charge in [-0.1, -0.05) is 6.92 Å². The first-order chi connectivity index (χ1) is 23.8. The number of amides is 3. The molecule has 0 bridgehead atoms. The highest BCUT2D eigenvalue weighted by molar-refractivity contribution is 7.89. The average Bonchev–Trinajstić information content (AvgIpc) is 3.10. The Kier molecular flexibility index (Phi) is 13.6. The predicted octanol–water partition coefficient (Wildman–Crippen LogP) is 5.59. The fourth-order valence-corrected chi connectivity index (χ4v) is 6.75. The fraction of sp³-hybridized carbons (Fsp3) is 0.444. The molecule has 1 heterocycles. The first kappa shape index (κ1) is 38.6. The Bertz CT molecular complexity index is 1690. The van der Waals surface area contributed by atoms with Gasteiger partial charge in [0, 0.05) is 44.0 Å². The van der Waals surface area contributed by atoms with Crippen LogP contribution in [0.25, 0.3) is 0 Å². The molecule has 1 aliphatic heterocycles. The first-order valence-electron chi connectivity index (χ1n) is 16.6. The van der Waals surface area contributed by atoms with Crippen molar-refractivity contribution in [1.29, 1.82) is 0 Å². The number of nitrogens with zero attached hydrogens (tertiary/aromatic N) is 2. The molecular weight excluding hydrogens is 667 g/mol. The first-order valence-corrected chi connectivity index (χ1v) is 18.0. The van der Waals surface area contributed by atoms with Crippen molar-refractivity contribution in [1.82, 2.24) is 9.21 Å². The molecule has 3 aromatic carbocycles. The fourth-order valence-electron chi connectivity index (χ4n) is 5.57. The zero-order valence-corrected chi connectivity index (χ0v) is 29.9. The van der Waals surface area contributed by atoms with Gasteiger partial charge in [0.05, 0.1) is 42.4 Å². The van der Waals surface area contributed by atoms with E-state index in [2.05, 4.69) is 10.6 Å². The largest absolute Gasteiger partial charge is 0.497 e. The Balaban J connectivity index is 1.61. The third-order valence-corrected chi connectivity index (χ3v) is 10.5. The Morgan fingerprint density at radius 2 is 1.72 bits per heavy atom. The van der Waals surface area contributed by atoms with Crippen LogP contribution in [0.15, 0.2) is 71.6 Å². The second-order valence-corrected chi connectivity index (χ2v) is 14.6. The maximum atomic E-state index is 14.4. The minimum atomic E-state index is -3.87. The quantitative estimate of drug-likeness (QED) is 0.260. The van der Waals surface area contributed by atoms with E-state index in [0.29, 0.717) is 42.3 Å². The number of carbonyl (C=O) groups excluding carboxylic acids is 2. The number of urea groups is 1. The molecule has 4 atom stereocenters. The lowest BCUT2D eigenvalue weighted by Gasteiger charge is -2.35. The third-order valence-electron chi connectivity index (χ3n) is 8.62. The lowest BCUT2D eigenvalue weighted by atomic mass is 10.0. The van der Waals surface area contributed by atoms with E-state index < -0.39 is 39.9 Å². The van der Waals surface area contributed by atoms with Crippen LogP contribution in [0.5, 0.6) is 11.5 Å². The zero-order valence-electron chi connectivity index (χ0n) is 29.1. The van der Waals surface area contributed by atoms with Crippen molar-refractivity contribution in [3.8, 4) is 11.5 Å². The minimum absolute atomic E-state index is 0.0262. The summed E-state index contributed by atoms with van der Waals surface area (Å²) in [4.78, 5) is 28.8. The van der Waals surface area contributed by atoms with E-state index in [1.807, 2.05) is 13.8 Å². The maximum Gasteiger partial charge on any atom is 0.323 e. The summed E-state index contributed by atoms with van der Waals surface area (Å²) in [6, 6.07) is 15.0. The second-order valence-electron chi connectivity index (χ2n) is 12.6. The lowest BCUT2D eigenvalue weighted by Crippen LogP contribution is -2.48. The van der Waals surface area contributed by atoms with Crippen molar-refractivity contribution in [3.63, 3.8) is 0 Å². The molecule has 1 aliphatic rings. The molecule has 12 nitrogen and oxygen atoms in total. The van der Waals surface area contributed by atoms with E-state index in [1.165, 1.54) is 65.8 Å². The highest BCUT2D eigenvalue weighted by atomic mass is 32.2. The predicted molar refractivity (Wildman–Crippen MR) is 189 cm³/mol. The Morgan fingerprint density at radius 3 is 2.38 bits per heavy atom. The van der Waals surface area contributed by atoms with Crippen LogP contribution in [0, 0.1) is 11.7 Å². The second kappa shape index (κ2) is 17.6. The summed E-state index contributed by atoms with van der Waals surface area (Å²) in [5, 5.41) is 15.6. The van der Waals surface area contributed by atoms with Crippen LogP contribution in [0.1, 0.15) is 50.4 Å². The Hall–Kier alpha value is -4.24. The number of aliphatic hydroxyl groups is 1. The number of ether oxygens (including phenoxy) is 3. The van der Waals surface area contributed by atoms with Gasteiger partial charge in [0.2, 0.25) is 10.0 Å². The van der Waals surface area contributed by atoms with Crippen LogP contribution < -0.4 is 20.1 Å². The van der Waals surface area contributed by atoms with E-state index in [9.17, 15) is 27.5 Å². The highest BCUT2D eigenvalue weighted by Gasteiger charge is 2.32. The van der Waals surface area contributed by atoms with Crippen LogP contribution in [-0.4, -0.2) is 93.4 Å². The number of methoxy groups -OCH3 is 1. The summed E-state index contributed by atoms with van der Waals surface area (Å²) in [5.41, 5.74) is 0.870. The van der Waals surface area contributed by atoms with Crippen molar-refractivity contribution in [2.24, 2.45) is 5.92 Å². The van der Waals surface area contributed by atoms with Crippen LogP contribution in [0.3, 0.4) is 0 Å². The van der Waals surface area contributed by atoms with Crippen molar-refractivity contribution < 1.29 is 41.7 Å². The van der Waals surface area contributed by atoms with Gasteiger partial charge in [-0.2, -0.15) is 4.31 Å². The third kappa shape index (κ3) is 10.2. The van der Waals surface area contributed by atoms with Crippen molar-refractivity contribution in [3.05, 3.63) is 78.1 Å². The molecular formula is C36H47FN4O8S. The van der Waals surface area contributed by atoms with Gasteiger partial charge in [-0.3, -0.25) is 4.79 Å². The number of anilines is 2. The number of hydrogen-bond acceptors (Lipinski definition) is 8. The molecule has 0 saturated carbocycles. The summed E-state index contributed by atoms with van der Waals surface area (Å²) in [7, 11) is -0.870. The number of halogens is 1. The number of rotatable bonds is 9. The van der Waals surface area contributed by atoms with Gasteiger partial charge in [-0.05, 0) is 99.8 Å². The molecule has 0 spiro atoms.